The van der Waals surface area contributed by atoms with E-state index in [1.54, 1.807) is 0 Å². The van der Waals surface area contributed by atoms with Crippen molar-refractivity contribution in [2.45, 2.75) is 24.8 Å². The molecule has 0 aliphatic rings. The Morgan fingerprint density at radius 2 is 1.83 bits per heavy atom. The van der Waals surface area contributed by atoms with E-state index in [1.165, 1.54) is 24.3 Å². The fourth-order valence-electron chi connectivity index (χ4n) is 2.48. The smallest absolute Gasteiger partial charge is 0.338 e. The van der Waals surface area contributed by atoms with Crippen LogP contribution in [0.5, 0.6) is 0 Å². The van der Waals surface area contributed by atoms with Crippen molar-refractivity contribution in [3.05, 3.63) is 69.7 Å². The number of aromatic nitrogens is 2. The van der Waals surface area contributed by atoms with Crippen LogP contribution in [-0.4, -0.2) is 36.7 Å². The molecule has 0 spiro atoms. The first-order valence-corrected chi connectivity index (χ1v) is 11.7. The number of carbonyl (C=O) groups is 2. The van der Waals surface area contributed by atoms with E-state index in [-0.39, 0.29) is 22.1 Å². The van der Waals surface area contributed by atoms with Gasteiger partial charge in [-0.15, -0.1) is 10.2 Å². The molecule has 0 saturated carbocycles. The Morgan fingerprint density at radius 1 is 1.10 bits per heavy atom. The summed E-state index contributed by atoms with van der Waals surface area (Å²) in [7, 11) is -3.43. The lowest BCUT2D eigenvalue weighted by molar-refractivity contribution is 0.0471. The Morgan fingerprint density at radius 3 is 2.50 bits per heavy atom. The largest absolute Gasteiger partial charge is 0.455 e. The van der Waals surface area contributed by atoms with E-state index in [4.69, 9.17) is 4.74 Å². The molecule has 3 aromatic rings. The molecule has 0 saturated heterocycles. The minimum Gasteiger partial charge on any atom is -0.455 e. The van der Waals surface area contributed by atoms with Crippen molar-refractivity contribution in [2.75, 3.05) is 11.6 Å². The number of hydrogen-bond acceptors (Lipinski definition) is 8. The van der Waals surface area contributed by atoms with E-state index >= 15 is 0 Å². The summed E-state index contributed by atoms with van der Waals surface area (Å²) in [4.78, 5) is 24.5. The van der Waals surface area contributed by atoms with Gasteiger partial charge in [-0.2, -0.15) is 0 Å². The molecule has 156 valence electrons. The summed E-state index contributed by atoms with van der Waals surface area (Å²) in [5.74, 6) is -1.10. The van der Waals surface area contributed by atoms with Gasteiger partial charge in [0.2, 0.25) is 5.01 Å². The third-order valence-electron chi connectivity index (χ3n) is 4.11. The molecular weight excluding hydrogens is 426 g/mol. The first-order chi connectivity index (χ1) is 14.3. The minimum atomic E-state index is -3.43. The molecule has 1 N–H and O–H groups in total. The Kier molecular flexibility index (Phi) is 6.58. The van der Waals surface area contributed by atoms with Crippen LogP contribution in [0.1, 0.15) is 37.7 Å². The second-order valence-electron chi connectivity index (χ2n) is 6.38. The van der Waals surface area contributed by atoms with E-state index < -0.39 is 21.7 Å². The number of aryl methyl sites for hydroxylation is 1. The van der Waals surface area contributed by atoms with Gasteiger partial charge in [0.25, 0.3) is 5.91 Å². The number of amides is 1. The SMILES string of the molecule is CCc1ccc(NC(=O)c2nnc(COC(=O)c3cccc(S(C)(=O)=O)c3)s2)cc1. The van der Waals surface area contributed by atoms with Crippen LogP contribution in [0.3, 0.4) is 0 Å². The van der Waals surface area contributed by atoms with Crippen LogP contribution < -0.4 is 5.32 Å². The molecule has 1 heterocycles. The predicted octanol–water partition coefficient (Wildman–Crippen LogP) is 3.11. The van der Waals surface area contributed by atoms with Crippen LogP contribution in [0.15, 0.2) is 53.4 Å². The van der Waals surface area contributed by atoms with E-state index in [1.807, 2.05) is 31.2 Å². The highest BCUT2D eigenvalue weighted by atomic mass is 32.2. The number of nitrogens with zero attached hydrogens (tertiary/aromatic N) is 2. The summed E-state index contributed by atoms with van der Waals surface area (Å²) in [5.41, 5.74) is 1.91. The molecule has 2 aromatic carbocycles. The van der Waals surface area contributed by atoms with Crippen LogP contribution in [0.25, 0.3) is 0 Å². The monoisotopic (exact) mass is 445 g/mol. The molecule has 0 bridgehead atoms. The summed E-state index contributed by atoms with van der Waals surface area (Å²) >= 11 is 1.01. The van der Waals surface area contributed by atoms with E-state index in [0.717, 1.165) is 29.6 Å². The zero-order chi connectivity index (χ0) is 21.7. The summed E-state index contributed by atoms with van der Waals surface area (Å²) in [6, 6.07) is 13.1. The molecular formula is C20H19N3O5S2. The third-order valence-corrected chi connectivity index (χ3v) is 6.11. The molecule has 30 heavy (non-hydrogen) atoms. The van der Waals surface area contributed by atoms with Crippen LogP contribution in [0, 0.1) is 0 Å². The molecule has 8 nitrogen and oxygen atoms in total. The summed E-state index contributed by atoms with van der Waals surface area (Å²) in [6.07, 6.45) is 1.97. The van der Waals surface area contributed by atoms with Crippen molar-refractivity contribution >= 4 is 38.7 Å². The first-order valence-electron chi connectivity index (χ1n) is 8.96. The molecule has 1 amide bonds. The highest BCUT2D eigenvalue weighted by molar-refractivity contribution is 7.90. The molecule has 10 heteroatoms. The average Bonchev–Trinajstić information content (AvgIpc) is 3.21. The predicted molar refractivity (Wildman–Crippen MR) is 112 cm³/mol. The number of carbonyl (C=O) groups excluding carboxylic acids is 2. The van der Waals surface area contributed by atoms with Gasteiger partial charge in [-0.3, -0.25) is 4.79 Å². The molecule has 1 aromatic heterocycles. The van der Waals surface area contributed by atoms with Crippen molar-refractivity contribution in [3.63, 3.8) is 0 Å². The molecule has 0 aliphatic carbocycles. The number of nitrogens with one attached hydrogen (secondary N) is 1. The Labute approximate surface area is 177 Å². The number of benzene rings is 2. The van der Waals surface area contributed by atoms with Crippen molar-refractivity contribution in [1.82, 2.24) is 10.2 Å². The van der Waals surface area contributed by atoms with Crippen molar-refractivity contribution in [1.29, 1.82) is 0 Å². The quantitative estimate of drug-likeness (QED) is 0.556. The zero-order valence-corrected chi connectivity index (χ0v) is 17.9. The van der Waals surface area contributed by atoms with Crippen molar-refractivity contribution in [3.8, 4) is 0 Å². The third kappa shape index (κ3) is 5.49. The van der Waals surface area contributed by atoms with Gasteiger partial charge >= 0.3 is 5.97 Å². The number of esters is 1. The number of rotatable bonds is 7. The Bertz CT molecular complexity index is 1170. The molecule has 3 rings (SSSR count). The lowest BCUT2D eigenvalue weighted by Crippen LogP contribution is -2.11. The zero-order valence-electron chi connectivity index (χ0n) is 16.3. The standard InChI is InChI=1S/C20H19N3O5S2/c1-3-13-7-9-15(10-8-13)21-18(24)19-23-22-17(29-19)12-28-20(25)14-5-4-6-16(11-14)30(2,26)27/h4-11H,3,12H2,1-2H3,(H,21,24). The molecule has 0 fully saturated rings. The molecule has 0 unspecified atom stereocenters. The van der Waals surface area contributed by atoms with Gasteiger partial charge in [0.1, 0.15) is 6.61 Å². The van der Waals surface area contributed by atoms with Crippen LogP contribution in [0.2, 0.25) is 0 Å². The topological polar surface area (TPSA) is 115 Å². The second-order valence-corrected chi connectivity index (χ2v) is 9.46. The van der Waals surface area contributed by atoms with Crippen molar-refractivity contribution < 1.29 is 22.7 Å². The van der Waals surface area contributed by atoms with E-state index in [2.05, 4.69) is 15.5 Å². The number of anilines is 1. The Balaban J connectivity index is 1.60. The molecule has 0 aliphatic heterocycles. The van der Waals surface area contributed by atoms with Gasteiger partial charge < -0.3 is 10.1 Å². The van der Waals surface area contributed by atoms with Gasteiger partial charge in [-0.05, 0) is 42.3 Å². The normalized spacial score (nSPS) is 11.1. The van der Waals surface area contributed by atoms with Gasteiger partial charge in [0.05, 0.1) is 10.5 Å². The first kappa shape index (κ1) is 21.6. The highest BCUT2D eigenvalue weighted by Crippen LogP contribution is 2.17. The number of ether oxygens (including phenoxy) is 1. The summed E-state index contributed by atoms with van der Waals surface area (Å²) in [6.45, 7) is 1.86. The van der Waals surface area contributed by atoms with E-state index in [0.29, 0.717) is 10.7 Å². The fourth-order valence-corrected chi connectivity index (χ4v) is 3.79. The van der Waals surface area contributed by atoms with Crippen molar-refractivity contribution in [2.24, 2.45) is 0 Å². The summed E-state index contributed by atoms with van der Waals surface area (Å²) in [5, 5.41) is 10.9. The van der Waals surface area contributed by atoms with Gasteiger partial charge in [0.15, 0.2) is 14.8 Å². The highest BCUT2D eigenvalue weighted by Gasteiger charge is 2.16. The maximum Gasteiger partial charge on any atom is 0.338 e. The van der Waals surface area contributed by atoms with Gasteiger partial charge in [-0.1, -0.05) is 36.5 Å². The maximum absolute atomic E-state index is 12.3. The van der Waals surface area contributed by atoms with Crippen LogP contribution >= 0.6 is 11.3 Å². The van der Waals surface area contributed by atoms with Gasteiger partial charge in [0, 0.05) is 11.9 Å². The summed E-state index contributed by atoms with van der Waals surface area (Å²) < 4.78 is 28.4. The lowest BCUT2D eigenvalue weighted by atomic mass is 10.1. The lowest BCUT2D eigenvalue weighted by Gasteiger charge is -2.04. The average molecular weight is 446 g/mol. The molecule has 0 atom stereocenters. The number of hydrogen-bond donors (Lipinski definition) is 1. The van der Waals surface area contributed by atoms with E-state index in [9.17, 15) is 18.0 Å². The minimum absolute atomic E-state index is 0.0267. The van der Waals surface area contributed by atoms with Crippen LogP contribution in [0.4, 0.5) is 5.69 Å². The maximum atomic E-state index is 12.3. The van der Waals surface area contributed by atoms with Gasteiger partial charge in [-0.25, -0.2) is 13.2 Å². The number of sulfone groups is 1. The second kappa shape index (κ2) is 9.14. The Hall–Kier alpha value is -3.11. The van der Waals surface area contributed by atoms with Crippen LogP contribution in [-0.2, 0) is 27.6 Å². The fraction of sp³-hybridized carbons (Fsp3) is 0.200. The molecule has 0 radical (unpaired) electrons.